The molecule has 0 unspecified atom stereocenters. The molecule has 0 bridgehead atoms. The second-order valence-electron chi connectivity index (χ2n) is 4.64. The van der Waals surface area contributed by atoms with Gasteiger partial charge in [-0.1, -0.05) is 43.0 Å². The molecule has 2 aromatic rings. The van der Waals surface area contributed by atoms with Crippen LogP contribution in [0.25, 0.3) is 16.3 Å². The first-order valence-electron chi connectivity index (χ1n) is 6.63. The zero-order valence-electron chi connectivity index (χ0n) is 11.5. The van der Waals surface area contributed by atoms with Gasteiger partial charge in [-0.3, -0.25) is 0 Å². The van der Waals surface area contributed by atoms with Crippen molar-refractivity contribution < 1.29 is 14.6 Å². The van der Waals surface area contributed by atoms with E-state index in [4.69, 9.17) is 4.74 Å². The van der Waals surface area contributed by atoms with Gasteiger partial charge < -0.3 is 9.84 Å². The molecule has 0 radical (unpaired) electrons. The van der Waals surface area contributed by atoms with E-state index in [1.165, 1.54) is 0 Å². The summed E-state index contributed by atoms with van der Waals surface area (Å²) in [4.78, 5) is 11.4. The predicted octanol–water partition coefficient (Wildman–Crippen LogP) is 3.17. The maximum Gasteiger partial charge on any atom is 0.335 e. The van der Waals surface area contributed by atoms with E-state index in [9.17, 15) is 9.90 Å². The molecule has 0 aliphatic rings. The molecule has 1 N–H and O–H groups in total. The van der Waals surface area contributed by atoms with Crippen molar-refractivity contribution in [1.29, 1.82) is 0 Å². The summed E-state index contributed by atoms with van der Waals surface area (Å²) in [6.45, 7) is 5.92. The Kier molecular flexibility index (Phi) is 4.53. The van der Waals surface area contributed by atoms with Crippen molar-refractivity contribution in [1.82, 2.24) is 0 Å². The second-order valence-corrected chi connectivity index (χ2v) is 4.64. The zero-order chi connectivity index (χ0) is 14.5. The molecule has 20 heavy (non-hydrogen) atoms. The maximum absolute atomic E-state index is 11.4. The van der Waals surface area contributed by atoms with Crippen molar-refractivity contribution in [2.24, 2.45) is 0 Å². The third kappa shape index (κ3) is 3.25. The fourth-order valence-corrected chi connectivity index (χ4v) is 2.08. The number of fused-ring (bicyclic) bond motifs is 1. The minimum absolute atomic E-state index is 0.178. The van der Waals surface area contributed by atoms with Gasteiger partial charge >= 0.3 is 5.97 Å². The first kappa shape index (κ1) is 14.3. The average molecular weight is 270 g/mol. The smallest absolute Gasteiger partial charge is 0.335 e. The maximum atomic E-state index is 11.4. The first-order valence-corrected chi connectivity index (χ1v) is 6.63. The number of aliphatic hydroxyl groups excluding tert-OH is 1. The van der Waals surface area contributed by atoms with Crippen LogP contribution in [0.3, 0.4) is 0 Å². The summed E-state index contributed by atoms with van der Waals surface area (Å²) in [6, 6.07) is 14.0. The Morgan fingerprint density at radius 2 is 1.95 bits per heavy atom. The molecule has 0 saturated heterocycles. The molecule has 104 valence electrons. The van der Waals surface area contributed by atoms with Crippen molar-refractivity contribution in [3.05, 3.63) is 54.6 Å². The number of hydrogen-bond acceptors (Lipinski definition) is 3. The van der Waals surface area contributed by atoms with Gasteiger partial charge in [0, 0.05) is 6.42 Å². The summed E-state index contributed by atoms with van der Waals surface area (Å²) in [7, 11) is 0. The van der Waals surface area contributed by atoms with Gasteiger partial charge in [-0.05, 0) is 34.9 Å². The Bertz CT molecular complexity index is 631. The van der Waals surface area contributed by atoms with Crippen LogP contribution < -0.4 is 0 Å². The van der Waals surface area contributed by atoms with E-state index in [1.54, 1.807) is 6.92 Å². The largest absolute Gasteiger partial charge is 0.464 e. The SMILES string of the molecule is C=C(C[C@H](O)C(=O)OCC)c1ccc2ccccc2c1. The molecule has 1 atom stereocenters. The monoisotopic (exact) mass is 270 g/mol. The van der Waals surface area contributed by atoms with Crippen molar-refractivity contribution in [2.45, 2.75) is 19.4 Å². The zero-order valence-corrected chi connectivity index (χ0v) is 11.5. The molecular formula is C17H18O3. The number of benzene rings is 2. The van der Waals surface area contributed by atoms with Gasteiger partial charge in [-0.25, -0.2) is 4.79 Å². The fourth-order valence-electron chi connectivity index (χ4n) is 2.08. The van der Waals surface area contributed by atoms with Crippen molar-refractivity contribution in [2.75, 3.05) is 6.61 Å². The summed E-state index contributed by atoms with van der Waals surface area (Å²) >= 11 is 0. The molecule has 0 amide bonds. The van der Waals surface area contributed by atoms with Crippen LogP contribution in [-0.4, -0.2) is 23.8 Å². The lowest BCUT2D eigenvalue weighted by Gasteiger charge is -2.12. The topological polar surface area (TPSA) is 46.5 Å². The first-order chi connectivity index (χ1) is 9.61. The van der Waals surface area contributed by atoms with E-state index in [0.717, 1.165) is 21.9 Å². The number of aliphatic hydroxyl groups is 1. The summed E-state index contributed by atoms with van der Waals surface area (Å²) in [6.07, 6.45) is -0.981. The molecule has 2 aromatic carbocycles. The normalized spacial score (nSPS) is 12.1. The predicted molar refractivity (Wildman–Crippen MR) is 80.2 cm³/mol. The lowest BCUT2D eigenvalue weighted by Crippen LogP contribution is -2.23. The molecular weight excluding hydrogens is 252 g/mol. The quantitative estimate of drug-likeness (QED) is 0.849. The number of hydrogen-bond donors (Lipinski definition) is 1. The van der Waals surface area contributed by atoms with E-state index in [-0.39, 0.29) is 13.0 Å². The van der Waals surface area contributed by atoms with Crippen LogP contribution in [0.2, 0.25) is 0 Å². The Labute approximate surface area is 118 Å². The molecule has 3 nitrogen and oxygen atoms in total. The van der Waals surface area contributed by atoms with Crippen LogP contribution in [0, 0.1) is 0 Å². The van der Waals surface area contributed by atoms with E-state index in [1.807, 2.05) is 42.5 Å². The van der Waals surface area contributed by atoms with E-state index >= 15 is 0 Å². The van der Waals surface area contributed by atoms with Crippen LogP contribution in [0.5, 0.6) is 0 Å². The van der Waals surface area contributed by atoms with Crippen molar-refractivity contribution >= 4 is 22.3 Å². The van der Waals surface area contributed by atoms with Crippen LogP contribution in [0.4, 0.5) is 0 Å². The Balaban J connectivity index is 2.13. The molecule has 0 aliphatic heterocycles. The van der Waals surface area contributed by atoms with Gasteiger partial charge in [0.25, 0.3) is 0 Å². The van der Waals surface area contributed by atoms with Crippen molar-refractivity contribution in [3.8, 4) is 0 Å². The third-order valence-corrected chi connectivity index (χ3v) is 3.16. The van der Waals surface area contributed by atoms with Crippen LogP contribution >= 0.6 is 0 Å². The highest BCUT2D eigenvalue weighted by Gasteiger charge is 2.17. The van der Waals surface area contributed by atoms with Gasteiger partial charge in [-0.15, -0.1) is 0 Å². The highest BCUT2D eigenvalue weighted by molar-refractivity contribution is 5.86. The Morgan fingerprint density at radius 1 is 1.25 bits per heavy atom. The number of rotatable bonds is 5. The molecule has 0 aromatic heterocycles. The van der Waals surface area contributed by atoms with E-state index in [0.29, 0.717) is 0 Å². The van der Waals surface area contributed by atoms with Crippen LogP contribution in [-0.2, 0) is 9.53 Å². The third-order valence-electron chi connectivity index (χ3n) is 3.16. The standard InChI is InChI=1S/C17H18O3/c1-3-20-17(19)16(18)10-12(2)14-9-8-13-6-4-5-7-15(13)11-14/h4-9,11,16,18H,2-3,10H2,1H3/t16-/m0/s1. The van der Waals surface area contributed by atoms with E-state index in [2.05, 4.69) is 6.58 Å². The molecule has 0 spiro atoms. The number of ether oxygens (including phenoxy) is 1. The fraction of sp³-hybridized carbons (Fsp3) is 0.235. The summed E-state index contributed by atoms with van der Waals surface area (Å²) in [5, 5.41) is 12.0. The molecule has 2 rings (SSSR count). The Hall–Kier alpha value is -2.13. The minimum atomic E-state index is -1.16. The highest BCUT2D eigenvalue weighted by Crippen LogP contribution is 2.23. The molecule has 3 heteroatoms. The molecule has 0 heterocycles. The van der Waals surface area contributed by atoms with Crippen LogP contribution in [0.1, 0.15) is 18.9 Å². The van der Waals surface area contributed by atoms with Gasteiger partial charge in [0.2, 0.25) is 0 Å². The van der Waals surface area contributed by atoms with Crippen molar-refractivity contribution in [3.63, 3.8) is 0 Å². The molecule has 0 fully saturated rings. The average Bonchev–Trinajstić information content (AvgIpc) is 2.46. The lowest BCUT2D eigenvalue weighted by molar-refractivity contribution is -0.152. The van der Waals surface area contributed by atoms with E-state index < -0.39 is 12.1 Å². The molecule has 0 aliphatic carbocycles. The number of carbonyl (C=O) groups is 1. The van der Waals surface area contributed by atoms with Gasteiger partial charge in [0.15, 0.2) is 6.10 Å². The number of esters is 1. The minimum Gasteiger partial charge on any atom is -0.464 e. The molecule has 0 saturated carbocycles. The van der Waals surface area contributed by atoms with Gasteiger partial charge in [-0.2, -0.15) is 0 Å². The number of carbonyl (C=O) groups excluding carboxylic acids is 1. The van der Waals surface area contributed by atoms with Crippen LogP contribution in [0.15, 0.2) is 49.0 Å². The van der Waals surface area contributed by atoms with Gasteiger partial charge in [0.1, 0.15) is 0 Å². The lowest BCUT2D eigenvalue weighted by atomic mass is 9.98. The second kappa shape index (κ2) is 6.35. The summed E-state index contributed by atoms with van der Waals surface area (Å²) in [5.74, 6) is -0.602. The summed E-state index contributed by atoms with van der Waals surface area (Å²) in [5.41, 5.74) is 1.64. The highest BCUT2D eigenvalue weighted by atomic mass is 16.5. The summed E-state index contributed by atoms with van der Waals surface area (Å²) < 4.78 is 4.78. The Morgan fingerprint density at radius 3 is 2.65 bits per heavy atom. The van der Waals surface area contributed by atoms with Gasteiger partial charge in [0.05, 0.1) is 6.61 Å².